The van der Waals surface area contributed by atoms with E-state index in [0.29, 0.717) is 56.4 Å². The third kappa shape index (κ3) is 6.26. The average Bonchev–Trinajstić information content (AvgIpc) is 3.15. The number of ether oxygens (including phenoxy) is 1. The third-order valence-electron chi connectivity index (χ3n) is 4.79. The van der Waals surface area contributed by atoms with Crippen molar-refractivity contribution in [3.8, 4) is 5.75 Å². The second-order valence-electron chi connectivity index (χ2n) is 7.19. The van der Waals surface area contributed by atoms with Crippen molar-refractivity contribution in [2.75, 3.05) is 32.5 Å². The summed E-state index contributed by atoms with van der Waals surface area (Å²) in [5.41, 5.74) is 1.07. The molecule has 0 radical (unpaired) electrons. The molecule has 1 aliphatic heterocycles. The fraction of sp³-hybridized carbons (Fsp3) is 0.526. The highest BCUT2D eigenvalue weighted by Crippen LogP contribution is 2.26. The SMILES string of the molecule is Cc1cccc(OCC(=O)NCCc2nc(C3CCN(S(C)(=O)=O)CC3)no2)c1. The third-order valence-corrected chi connectivity index (χ3v) is 6.10. The van der Waals surface area contributed by atoms with Gasteiger partial charge in [0.05, 0.1) is 6.26 Å². The number of rotatable bonds is 8. The molecule has 0 aliphatic carbocycles. The highest BCUT2D eigenvalue weighted by atomic mass is 32.2. The first kappa shape index (κ1) is 21.3. The number of piperidine rings is 1. The van der Waals surface area contributed by atoms with Gasteiger partial charge in [-0.1, -0.05) is 17.3 Å². The van der Waals surface area contributed by atoms with Gasteiger partial charge < -0.3 is 14.6 Å². The highest BCUT2D eigenvalue weighted by Gasteiger charge is 2.28. The molecule has 9 nitrogen and oxygen atoms in total. The van der Waals surface area contributed by atoms with Crippen molar-refractivity contribution < 1.29 is 22.5 Å². The van der Waals surface area contributed by atoms with Crippen LogP contribution in [-0.2, 0) is 21.2 Å². The lowest BCUT2D eigenvalue weighted by Crippen LogP contribution is -2.37. The van der Waals surface area contributed by atoms with Gasteiger partial charge in [0.15, 0.2) is 12.4 Å². The standard InChI is InChI=1S/C19H26N4O5S/c1-14-4-3-5-16(12-14)27-13-17(24)20-9-6-18-21-19(22-28-18)15-7-10-23(11-8-15)29(2,25)26/h3-5,12,15H,6-11,13H2,1-2H3,(H,20,24). The molecule has 158 valence electrons. The number of carbonyl (C=O) groups excluding carboxylic acids is 1. The van der Waals surface area contributed by atoms with Crippen LogP contribution >= 0.6 is 0 Å². The number of hydrogen-bond acceptors (Lipinski definition) is 7. The fourth-order valence-electron chi connectivity index (χ4n) is 3.19. The zero-order valence-electron chi connectivity index (χ0n) is 16.6. The van der Waals surface area contributed by atoms with Crippen LogP contribution < -0.4 is 10.1 Å². The van der Waals surface area contributed by atoms with E-state index in [0.717, 1.165) is 5.56 Å². The van der Waals surface area contributed by atoms with Gasteiger partial charge in [0.1, 0.15) is 5.75 Å². The first-order valence-corrected chi connectivity index (χ1v) is 11.4. The van der Waals surface area contributed by atoms with Crippen LogP contribution in [0.5, 0.6) is 5.75 Å². The zero-order chi connectivity index (χ0) is 20.9. The van der Waals surface area contributed by atoms with E-state index in [1.165, 1.54) is 10.6 Å². The fourth-order valence-corrected chi connectivity index (χ4v) is 4.07. The Hall–Kier alpha value is -2.46. The molecule has 10 heteroatoms. The summed E-state index contributed by atoms with van der Waals surface area (Å²) in [5, 5.41) is 6.78. The van der Waals surface area contributed by atoms with E-state index in [-0.39, 0.29) is 18.4 Å². The maximum Gasteiger partial charge on any atom is 0.257 e. The molecule has 2 aromatic rings. The van der Waals surface area contributed by atoms with Gasteiger partial charge in [-0.3, -0.25) is 4.79 Å². The Morgan fingerprint density at radius 3 is 2.79 bits per heavy atom. The van der Waals surface area contributed by atoms with Crippen molar-refractivity contribution in [2.45, 2.75) is 32.1 Å². The Morgan fingerprint density at radius 1 is 1.34 bits per heavy atom. The number of nitrogens with zero attached hydrogens (tertiary/aromatic N) is 3. The monoisotopic (exact) mass is 422 g/mol. The molecule has 1 saturated heterocycles. The number of amides is 1. The van der Waals surface area contributed by atoms with Crippen LogP contribution in [0.1, 0.15) is 36.0 Å². The molecule has 0 atom stereocenters. The van der Waals surface area contributed by atoms with Gasteiger partial charge >= 0.3 is 0 Å². The lowest BCUT2D eigenvalue weighted by molar-refractivity contribution is -0.123. The summed E-state index contributed by atoms with van der Waals surface area (Å²) in [5.74, 6) is 1.57. The molecule has 29 heavy (non-hydrogen) atoms. The number of hydrogen-bond donors (Lipinski definition) is 1. The van der Waals surface area contributed by atoms with Crippen LogP contribution in [0.15, 0.2) is 28.8 Å². The maximum atomic E-state index is 11.9. The summed E-state index contributed by atoms with van der Waals surface area (Å²) in [7, 11) is -3.15. The molecule has 1 aliphatic rings. The van der Waals surface area contributed by atoms with Crippen molar-refractivity contribution >= 4 is 15.9 Å². The van der Waals surface area contributed by atoms with Gasteiger partial charge in [-0.05, 0) is 37.5 Å². The Kier molecular flexibility index (Phi) is 6.86. The van der Waals surface area contributed by atoms with Gasteiger partial charge in [-0.15, -0.1) is 0 Å². The molecule has 0 bridgehead atoms. The van der Waals surface area contributed by atoms with E-state index >= 15 is 0 Å². The molecule has 1 N–H and O–H groups in total. The van der Waals surface area contributed by atoms with E-state index in [2.05, 4.69) is 15.5 Å². The summed E-state index contributed by atoms with van der Waals surface area (Å²) in [6.07, 6.45) is 2.98. The minimum atomic E-state index is -3.15. The smallest absolute Gasteiger partial charge is 0.257 e. The van der Waals surface area contributed by atoms with Gasteiger partial charge in [-0.2, -0.15) is 4.98 Å². The molecule has 1 aromatic heterocycles. The zero-order valence-corrected chi connectivity index (χ0v) is 17.4. The topological polar surface area (TPSA) is 115 Å². The van der Waals surface area contributed by atoms with Gasteiger partial charge in [-0.25, -0.2) is 12.7 Å². The summed E-state index contributed by atoms with van der Waals surface area (Å²) in [6.45, 7) is 3.19. The lowest BCUT2D eigenvalue weighted by atomic mass is 9.97. The van der Waals surface area contributed by atoms with Crippen LogP contribution in [0.4, 0.5) is 0 Å². The lowest BCUT2D eigenvalue weighted by Gasteiger charge is -2.28. The van der Waals surface area contributed by atoms with Crippen LogP contribution in [-0.4, -0.2) is 61.3 Å². The van der Waals surface area contributed by atoms with Gasteiger partial charge in [0.2, 0.25) is 15.9 Å². The van der Waals surface area contributed by atoms with Crippen molar-refractivity contribution in [3.63, 3.8) is 0 Å². The summed E-state index contributed by atoms with van der Waals surface area (Å²) in [6, 6.07) is 7.51. The molecule has 0 saturated carbocycles. The first-order valence-electron chi connectivity index (χ1n) is 9.55. The van der Waals surface area contributed by atoms with Crippen molar-refractivity contribution in [1.29, 1.82) is 0 Å². The summed E-state index contributed by atoms with van der Waals surface area (Å²) >= 11 is 0. The second-order valence-corrected chi connectivity index (χ2v) is 9.17. The Morgan fingerprint density at radius 2 is 2.10 bits per heavy atom. The number of sulfonamides is 1. The number of aromatic nitrogens is 2. The van der Waals surface area contributed by atoms with Crippen molar-refractivity contribution in [1.82, 2.24) is 19.8 Å². The molecular weight excluding hydrogens is 396 g/mol. The molecule has 3 rings (SSSR count). The Balaban J connectivity index is 1.39. The predicted octanol–water partition coefficient (Wildman–Crippen LogP) is 1.25. The normalized spacial score (nSPS) is 15.9. The van der Waals surface area contributed by atoms with Crippen LogP contribution in [0.25, 0.3) is 0 Å². The number of benzene rings is 1. The van der Waals surface area contributed by atoms with Crippen LogP contribution in [0.3, 0.4) is 0 Å². The Bertz CT molecular complexity index is 936. The van der Waals surface area contributed by atoms with E-state index in [1.54, 1.807) is 6.07 Å². The maximum absolute atomic E-state index is 11.9. The average molecular weight is 423 g/mol. The van der Waals surface area contributed by atoms with Gasteiger partial charge in [0.25, 0.3) is 5.91 Å². The minimum Gasteiger partial charge on any atom is -0.484 e. The van der Waals surface area contributed by atoms with Gasteiger partial charge in [0, 0.05) is 32.0 Å². The van der Waals surface area contributed by atoms with Crippen molar-refractivity contribution in [2.24, 2.45) is 0 Å². The summed E-state index contributed by atoms with van der Waals surface area (Å²) in [4.78, 5) is 16.3. The largest absolute Gasteiger partial charge is 0.484 e. The second kappa shape index (κ2) is 9.36. The molecule has 0 unspecified atom stereocenters. The van der Waals surface area contributed by atoms with E-state index in [9.17, 15) is 13.2 Å². The van der Waals surface area contributed by atoms with E-state index in [1.807, 2.05) is 25.1 Å². The van der Waals surface area contributed by atoms with E-state index in [4.69, 9.17) is 9.26 Å². The molecule has 0 spiro atoms. The molecule has 1 aromatic carbocycles. The Labute approximate surface area is 170 Å². The number of carbonyl (C=O) groups is 1. The quantitative estimate of drug-likeness (QED) is 0.681. The molecule has 1 amide bonds. The number of nitrogens with one attached hydrogen (secondary N) is 1. The van der Waals surface area contributed by atoms with E-state index < -0.39 is 10.0 Å². The van der Waals surface area contributed by atoms with Crippen molar-refractivity contribution in [3.05, 3.63) is 41.5 Å². The highest BCUT2D eigenvalue weighted by molar-refractivity contribution is 7.88. The first-order chi connectivity index (χ1) is 13.8. The molecule has 1 fully saturated rings. The molecular formula is C19H26N4O5S. The molecule has 2 heterocycles. The summed E-state index contributed by atoms with van der Waals surface area (Å²) < 4.78 is 35.4. The number of aryl methyl sites for hydroxylation is 1. The predicted molar refractivity (Wildman–Crippen MR) is 106 cm³/mol. The van der Waals surface area contributed by atoms with Crippen LogP contribution in [0, 0.1) is 6.92 Å². The van der Waals surface area contributed by atoms with Crippen LogP contribution in [0.2, 0.25) is 0 Å². The minimum absolute atomic E-state index is 0.0581.